The lowest BCUT2D eigenvalue weighted by Gasteiger charge is -2.41. The number of imide groups is 1. The molecule has 1 saturated heterocycles. The molecule has 0 aliphatic carbocycles. The molecular weight excluding hydrogens is 1200 g/mol. The molecule has 1 fully saturated rings. The number of hydrogen-bond donors (Lipinski definition) is 3. The number of esters is 1. The summed E-state index contributed by atoms with van der Waals surface area (Å²) in [5.74, 6) is -5.27. The van der Waals surface area contributed by atoms with Crippen LogP contribution in [0.5, 0.6) is 0 Å². The maximum absolute atomic E-state index is 14.6. The molecule has 0 radical (unpaired) electrons. The van der Waals surface area contributed by atoms with E-state index in [4.69, 9.17) is 14.2 Å². The molecule has 23 heteroatoms. The number of benzene rings is 3. The van der Waals surface area contributed by atoms with Crippen molar-refractivity contribution in [2.24, 2.45) is 40.6 Å². The summed E-state index contributed by atoms with van der Waals surface area (Å²) in [5, 5.41) is 6.68. The molecule has 22 nitrogen and oxygen atoms in total. The molecular formula is C69H98N7O15S+. The van der Waals surface area contributed by atoms with Gasteiger partial charge in [0.15, 0.2) is 5.78 Å². The minimum atomic E-state index is -4.98. The van der Waals surface area contributed by atoms with Crippen molar-refractivity contribution in [1.82, 2.24) is 20.1 Å². The zero-order valence-electron chi connectivity index (χ0n) is 56.3. The molecule has 3 aromatic carbocycles. The Labute approximate surface area is 543 Å². The topological polar surface area (TPSA) is 282 Å². The highest BCUT2D eigenvalue weighted by molar-refractivity contribution is 7.86. The molecule has 0 unspecified atom stereocenters. The van der Waals surface area contributed by atoms with Crippen LogP contribution >= 0.6 is 0 Å². The first kappa shape index (κ1) is 75.4. The molecule has 6 amide bonds. The summed E-state index contributed by atoms with van der Waals surface area (Å²) in [4.78, 5) is 125. The van der Waals surface area contributed by atoms with Crippen molar-refractivity contribution in [3.8, 4) is 0 Å². The highest BCUT2D eigenvalue weighted by Crippen LogP contribution is 2.35. The van der Waals surface area contributed by atoms with E-state index in [1.807, 2.05) is 99.9 Å². The van der Waals surface area contributed by atoms with Gasteiger partial charge in [0, 0.05) is 95.1 Å². The molecule has 504 valence electrons. The van der Waals surface area contributed by atoms with Crippen LogP contribution in [-0.2, 0) is 57.9 Å². The van der Waals surface area contributed by atoms with Crippen molar-refractivity contribution < 1.29 is 74.8 Å². The molecule has 5 rings (SSSR count). The van der Waals surface area contributed by atoms with Gasteiger partial charge in [-0.25, -0.2) is 10.2 Å². The van der Waals surface area contributed by atoms with Gasteiger partial charge >= 0.3 is 5.97 Å². The number of carbonyl (C=O) groups excluding carboxylic acids is 9. The number of amides is 6. The summed E-state index contributed by atoms with van der Waals surface area (Å²) in [6.07, 6.45) is 3.67. The average Bonchev–Trinajstić information content (AvgIpc) is 0.958. The van der Waals surface area contributed by atoms with E-state index in [-0.39, 0.29) is 96.4 Å². The first-order chi connectivity index (χ1) is 43.2. The van der Waals surface area contributed by atoms with Crippen molar-refractivity contribution in [3.63, 3.8) is 0 Å². The van der Waals surface area contributed by atoms with E-state index >= 15 is 0 Å². The van der Waals surface area contributed by atoms with Gasteiger partial charge in [0.25, 0.3) is 27.8 Å². The van der Waals surface area contributed by atoms with Crippen LogP contribution in [0.2, 0.25) is 0 Å². The summed E-state index contributed by atoms with van der Waals surface area (Å²) in [7, 11) is 5.86. The monoisotopic (exact) mass is 1300 g/mol. The first-order valence-electron chi connectivity index (χ1n) is 31.9. The fourth-order valence-electron chi connectivity index (χ4n) is 12.9. The lowest BCUT2D eigenvalue weighted by Crippen LogP contribution is -2.55. The van der Waals surface area contributed by atoms with Crippen molar-refractivity contribution in [1.29, 1.82) is 0 Å². The number of methoxy groups -OCH3 is 2. The second kappa shape index (κ2) is 34.0. The van der Waals surface area contributed by atoms with Crippen molar-refractivity contribution in [2.45, 2.75) is 168 Å². The number of ketones is 2. The van der Waals surface area contributed by atoms with Gasteiger partial charge in [-0.1, -0.05) is 111 Å². The highest BCUT2D eigenvalue weighted by Gasteiger charge is 2.45. The van der Waals surface area contributed by atoms with Gasteiger partial charge in [0.05, 0.1) is 68.7 Å². The first-order valence-corrected chi connectivity index (χ1v) is 33.3. The van der Waals surface area contributed by atoms with Gasteiger partial charge in [-0.05, 0) is 85.9 Å². The van der Waals surface area contributed by atoms with Crippen LogP contribution in [0, 0.1) is 35.5 Å². The molecule has 3 N–H and O–H groups in total. The zero-order chi connectivity index (χ0) is 68.5. The number of hydrazone groups is 1. The second-order valence-corrected chi connectivity index (χ2v) is 27.6. The van der Waals surface area contributed by atoms with Crippen LogP contribution in [-0.4, -0.2) is 177 Å². The molecule has 92 heavy (non-hydrogen) atoms. The fourth-order valence-corrected chi connectivity index (χ4v) is 13.6. The maximum atomic E-state index is 14.6. The minimum absolute atomic E-state index is 0.00192. The molecule has 0 bridgehead atoms. The number of anilines is 1. The van der Waals surface area contributed by atoms with E-state index < -0.39 is 98.3 Å². The molecule has 3 aromatic rings. The Morgan fingerprint density at radius 1 is 0.783 bits per heavy atom. The molecule has 2 heterocycles. The number of unbranched alkanes of at least 4 members (excludes halogenated alkanes) is 2. The Balaban J connectivity index is 1.22. The molecule has 0 spiro atoms. The standard InChI is InChI=1S/C69H97N7O15S/c1-16-44(6)63(73(10)68(84)53(42(2)3)40-56(78)64(43(4)5)76(11,12)13)57(89-14)41-62(82)74-37-23-26-54(74)66(90-15)46(8)55(77)38-45(7)65(49-24-19-17-20-25-49)91-69(85)50-30-28-48(29-31-50)47(9)71-72-67(83)52-33-32-51(39-58(52)92(86,87)88)70-59(79)27-21-18-22-36-75-60(80)34-35-61(75)81/h17,19-20,24-25,28-35,39,42-46,53-54,57,63-66H,16,18,21-23,26-27,36-38,40-41H2,1-15H3,(H2-,70,72,79,83,85,86,87,88)/p+1/t44-,45-,46-,53-,54-,57+,63-,64-,65+,66+/m0/s1. The van der Waals surface area contributed by atoms with Crippen molar-refractivity contribution >= 4 is 74.5 Å². The third-order valence-electron chi connectivity index (χ3n) is 17.9. The van der Waals surface area contributed by atoms with Crippen molar-refractivity contribution in [2.75, 3.05) is 60.8 Å². The Morgan fingerprint density at radius 3 is 1.98 bits per heavy atom. The van der Waals surface area contributed by atoms with Crippen LogP contribution < -0.4 is 10.7 Å². The molecule has 0 aromatic heterocycles. The van der Waals surface area contributed by atoms with Crippen molar-refractivity contribution in [3.05, 3.63) is 107 Å². The number of quaternary nitrogens is 1. The number of nitrogens with one attached hydrogen (secondary N) is 2. The average molecular weight is 1300 g/mol. The Bertz CT molecular complexity index is 3250. The van der Waals surface area contributed by atoms with E-state index in [2.05, 4.69) is 15.8 Å². The minimum Gasteiger partial charge on any atom is -0.454 e. The summed E-state index contributed by atoms with van der Waals surface area (Å²) in [6, 6.07) is 17.4. The van der Waals surface area contributed by atoms with Crippen LogP contribution in [0.15, 0.2) is 94.9 Å². The summed E-state index contributed by atoms with van der Waals surface area (Å²) in [5.41, 5.74) is 3.41. The molecule has 0 saturated carbocycles. The number of Topliss-reactive ketones (excluding diaryl/α,β-unsaturated/α-hetero) is 2. The Kier molecular flexibility index (Phi) is 27.9. The predicted molar refractivity (Wildman–Crippen MR) is 349 cm³/mol. The number of nitrogens with zero attached hydrogens (tertiary/aromatic N) is 5. The number of hydrogen-bond acceptors (Lipinski definition) is 15. The fraction of sp³-hybridized carbons (Fsp3) is 0.565. The van der Waals surface area contributed by atoms with Gasteiger partial charge in [0.2, 0.25) is 17.7 Å². The lowest BCUT2D eigenvalue weighted by atomic mass is 9.83. The zero-order valence-corrected chi connectivity index (χ0v) is 57.1. The third kappa shape index (κ3) is 20.1. The highest BCUT2D eigenvalue weighted by atomic mass is 32.2. The van der Waals surface area contributed by atoms with E-state index in [1.54, 1.807) is 49.9 Å². The number of likely N-dealkylation sites (N-methyl/N-ethyl adjacent to an activating group) is 2. The number of likely N-dealkylation sites (tertiary alicyclic amines) is 1. The summed E-state index contributed by atoms with van der Waals surface area (Å²) >= 11 is 0. The third-order valence-corrected chi connectivity index (χ3v) is 18.8. The predicted octanol–water partition coefficient (Wildman–Crippen LogP) is 8.89. The largest absolute Gasteiger partial charge is 0.454 e. The van der Waals surface area contributed by atoms with Crippen LogP contribution in [0.3, 0.4) is 0 Å². The van der Waals surface area contributed by atoms with E-state index in [0.717, 1.165) is 17.0 Å². The SMILES string of the molecule is CC[C@H](C)[C@@H]([C@@H](CC(=O)N1CCC[C@H]1[C@H](OC)[C@@H](C)C(=O)C[C@H](C)[C@@H](OC(=O)c1ccc(C(C)=NNC(=O)c2ccc(NC(=O)CCCCCN3C(=O)C=CC3=O)cc2S(=O)(=O)O)cc1)c1ccccc1)OC)N(C)C(=O)[C@@H](CC(=O)[C@H](C(C)C)[N+](C)(C)C)C(C)C. The van der Waals surface area contributed by atoms with Crippen LogP contribution in [0.4, 0.5) is 5.69 Å². The number of carbonyl (C=O) groups is 9. The van der Waals surface area contributed by atoms with Gasteiger partial charge < -0.3 is 33.8 Å². The lowest BCUT2D eigenvalue weighted by molar-refractivity contribution is -0.889. The Hall–Kier alpha value is -7.31. The Morgan fingerprint density at radius 2 is 1.41 bits per heavy atom. The summed E-state index contributed by atoms with van der Waals surface area (Å²) in [6.45, 7) is 17.9. The van der Waals surface area contributed by atoms with Crippen LogP contribution in [0.25, 0.3) is 0 Å². The normalized spacial score (nSPS) is 17.6. The maximum Gasteiger partial charge on any atom is 0.338 e. The van der Waals surface area contributed by atoms with Gasteiger partial charge in [0.1, 0.15) is 22.8 Å². The number of ether oxygens (including phenoxy) is 3. The van der Waals surface area contributed by atoms with Crippen LogP contribution in [0.1, 0.15) is 164 Å². The molecule has 2 aliphatic rings. The summed E-state index contributed by atoms with van der Waals surface area (Å²) < 4.78 is 53.9. The van der Waals surface area contributed by atoms with Gasteiger partial charge in [-0.3, -0.25) is 47.8 Å². The number of rotatable bonds is 35. The second-order valence-electron chi connectivity index (χ2n) is 26.2. The quantitative estimate of drug-likeness (QED) is 0.00943. The van der Waals surface area contributed by atoms with E-state index in [9.17, 15) is 56.1 Å². The van der Waals surface area contributed by atoms with E-state index in [1.165, 1.54) is 37.5 Å². The van der Waals surface area contributed by atoms with Gasteiger partial charge in [-0.2, -0.15) is 13.5 Å². The molecule has 2 aliphatic heterocycles. The van der Waals surface area contributed by atoms with E-state index in [0.29, 0.717) is 60.7 Å². The smallest absolute Gasteiger partial charge is 0.338 e. The van der Waals surface area contributed by atoms with Gasteiger partial charge in [-0.15, -0.1) is 0 Å². The molecule has 10 atom stereocenters.